The third-order valence-corrected chi connectivity index (χ3v) is 2.95. The number of aliphatic hydroxyl groups is 1. The second-order valence-corrected chi connectivity index (χ2v) is 5.53. The topological polar surface area (TPSA) is 78.4 Å². The van der Waals surface area contributed by atoms with E-state index in [-0.39, 0.29) is 17.5 Å². The molecule has 1 aliphatic rings. The monoisotopic (exact) mass is 250 g/mol. The lowest BCUT2D eigenvalue weighted by atomic mass is 9.92. The summed E-state index contributed by atoms with van der Waals surface area (Å²) in [5, 5.41) is 12.6. The van der Waals surface area contributed by atoms with Gasteiger partial charge >= 0.3 is 6.03 Å². The summed E-state index contributed by atoms with van der Waals surface area (Å²) in [4.78, 5) is 21.3. The lowest BCUT2D eigenvalue weighted by molar-refractivity contribution is 0.167. The predicted octanol–water partition coefficient (Wildman–Crippen LogP) is 1.01. The van der Waals surface area contributed by atoms with Crippen LogP contribution in [0.25, 0.3) is 0 Å². The van der Waals surface area contributed by atoms with E-state index in [9.17, 15) is 9.90 Å². The highest BCUT2D eigenvalue weighted by Gasteiger charge is 2.37. The highest BCUT2D eigenvalue weighted by atomic mass is 16.3. The van der Waals surface area contributed by atoms with Crippen LogP contribution in [-0.4, -0.2) is 33.4 Å². The maximum absolute atomic E-state index is 11.8. The van der Waals surface area contributed by atoms with Crippen LogP contribution in [0.5, 0.6) is 0 Å². The molecule has 0 aromatic carbocycles. The second-order valence-electron chi connectivity index (χ2n) is 5.53. The van der Waals surface area contributed by atoms with Crippen molar-refractivity contribution in [2.75, 3.05) is 4.90 Å². The molecule has 18 heavy (non-hydrogen) atoms. The minimum atomic E-state index is -0.903. The van der Waals surface area contributed by atoms with Crippen molar-refractivity contribution >= 4 is 11.8 Å². The molecule has 0 radical (unpaired) electrons. The van der Waals surface area contributed by atoms with Crippen LogP contribution in [0.15, 0.2) is 12.4 Å². The molecule has 6 heteroatoms. The zero-order chi connectivity index (χ0) is 13.5. The van der Waals surface area contributed by atoms with Crippen molar-refractivity contribution in [1.29, 1.82) is 0 Å². The van der Waals surface area contributed by atoms with E-state index in [1.165, 1.54) is 11.2 Å². The summed E-state index contributed by atoms with van der Waals surface area (Å²) in [6, 6.07) is 1.08. The highest BCUT2D eigenvalue weighted by Crippen LogP contribution is 2.25. The van der Waals surface area contributed by atoms with Crippen molar-refractivity contribution in [3.63, 3.8) is 0 Å². The van der Waals surface area contributed by atoms with E-state index in [4.69, 9.17) is 0 Å². The first-order valence-corrected chi connectivity index (χ1v) is 5.91. The number of hydrogen-bond donors (Lipinski definition) is 2. The van der Waals surface area contributed by atoms with Gasteiger partial charge in [-0.15, -0.1) is 0 Å². The first-order chi connectivity index (χ1) is 8.30. The highest BCUT2D eigenvalue weighted by molar-refractivity contribution is 5.94. The Kier molecular flexibility index (Phi) is 2.98. The molecule has 0 bridgehead atoms. The number of aromatic nitrogens is 2. The molecule has 98 valence electrons. The zero-order valence-corrected chi connectivity index (χ0v) is 11.0. The van der Waals surface area contributed by atoms with E-state index in [0.29, 0.717) is 5.82 Å². The van der Waals surface area contributed by atoms with Gasteiger partial charge in [-0.2, -0.15) is 0 Å². The number of hydrogen-bond acceptors (Lipinski definition) is 4. The van der Waals surface area contributed by atoms with Gasteiger partial charge in [-0.25, -0.2) is 19.7 Å². The minimum absolute atomic E-state index is 0.134. The van der Waals surface area contributed by atoms with Crippen LogP contribution in [0.1, 0.15) is 33.4 Å². The molecule has 1 fully saturated rings. The summed E-state index contributed by atoms with van der Waals surface area (Å²) in [6.07, 6.45) is 0.513. The van der Waals surface area contributed by atoms with Crippen LogP contribution in [0.4, 0.5) is 10.6 Å². The van der Waals surface area contributed by atoms with Gasteiger partial charge < -0.3 is 10.4 Å². The number of amides is 2. The molecular weight excluding hydrogens is 232 g/mol. The number of carbonyl (C=O) groups excluding carboxylic acids is 1. The summed E-state index contributed by atoms with van der Waals surface area (Å²) in [7, 11) is 0. The van der Waals surface area contributed by atoms with Crippen molar-refractivity contribution in [2.24, 2.45) is 0 Å². The van der Waals surface area contributed by atoms with E-state index in [0.717, 1.165) is 5.69 Å². The molecule has 2 N–H and O–H groups in total. The number of urea groups is 1. The van der Waals surface area contributed by atoms with E-state index in [2.05, 4.69) is 15.3 Å². The van der Waals surface area contributed by atoms with Gasteiger partial charge in [0, 0.05) is 11.5 Å². The largest absolute Gasteiger partial charge is 0.371 e. The van der Waals surface area contributed by atoms with Crippen LogP contribution in [-0.2, 0) is 5.41 Å². The Morgan fingerprint density at radius 1 is 1.39 bits per heavy atom. The molecule has 2 atom stereocenters. The van der Waals surface area contributed by atoms with E-state index < -0.39 is 6.23 Å². The van der Waals surface area contributed by atoms with Crippen molar-refractivity contribution in [3.8, 4) is 0 Å². The first kappa shape index (κ1) is 12.8. The number of nitrogens with zero attached hydrogens (tertiary/aromatic N) is 3. The first-order valence-electron chi connectivity index (χ1n) is 5.91. The minimum Gasteiger partial charge on any atom is -0.371 e. The molecule has 2 heterocycles. The third-order valence-electron chi connectivity index (χ3n) is 2.95. The molecule has 0 saturated carbocycles. The lowest BCUT2D eigenvalue weighted by Crippen LogP contribution is -2.36. The Morgan fingerprint density at radius 2 is 2.06 bits per heavy atom. The van der Waals surface area contributed by atoms with Gasteiger partial charge in [-0.1, -0.05) is 20.8 Å². The SMILES string of the molecule is CC1NC(=O)N(c2cc(C(C)(C)C)ncn2)C1O. The van der Waals surface area contributed by atoms with Gasteiger partial charge in [-0.3, -0.25) is 0 Å². The summed E-state index contributed by atoms with van der Waals surface area (Å²) in [6.45, 7) is 7.83. The number of nitrogens with one attached hydrogen (secondary N) is 1. The number of carbonyl (C=O) groups is 1. The average molecular weight is 250 g/mol. The van der Waals surface area contributed by atoms with Crippen LogP contribution >= 0.6 is 0 Å². The summed E-state index contributed by atoms with van der Waals surface area (Å²) in [5.41, 5.74) is 0.692. The van der Waals surface area contributed by atoms with Gasteiger partial charge in [-0.05, 0) is 6.92 Å². The number of anilines is 1. The fraction of sp³-hybridized carbons (Fsp3) is 0.583. The summed E-state index contributed by atoms with van der Waals surface area (Å²) in [5.74, 6) is 0.421. The molecule has 2 rings (SSSR count). The van der Waals surface area contributed by atoms with Crippen LogP contribution in [0, 0.1) is 0 Å². The molecular formula is C12H18N4O2. The Labute approximate surface area is 106 Å². The van der Waals surface area contributed by atoms with Gasteiger partial charge in [0.05, 0.1) is 11.7 Å². The van der Waals surface area contributed by atoms with Crippen molar-refractivity contribution in [3.05, 3.63) is 18.1 Å². The van der Waals surface area contributed by atoms with Crippen molar-refractivity contribution < 1.29 is 9.90 Å². The quantitative estimate of drug-likeness (QED) is 0.779. The molecule has 1 saturated heterocycles. The summed E-state index contributed by atoms with van der Waals surface area (Å²) >= 11 is 0. The molecule has 6 nitrogen and oxygen atoms in total. The Bertz CT molecular complexity index is 469. The Hall–Kier alpha value is -1.69. The zero-order valence-electron chi connectivity index (χ0n) is 11.0. The van der Waals surface area contributed by atoms with Crippen LogP contribution in [0.3, 0.4) is 0 Å². The van der Waals surface area contributed by atoms with Crippen molar-refractivity contribution in [1.82, 2.24) is 15.3 Å². The molecule has 0 spiro atoms. The van der Waals surface area contributed by atoms with Crippen LogP contribution < -0.4 is 10.2 Å². The molecule has 1 aromatic rings. The van der Waals surface area contributed by atoms with Gasteiger partial charge in [0.15, 0.2) is 6.23 Å². The normalized spacial score (nSPS) is 24.3. The van der Waals surface area contributed by atoms with E-state index >= 15 is 0 Å². The fourth-order valence-corrected chi connectivity index (χ4v) is 1.81. The maximum Gasteiger partial charge on any atom is 0.325 e. The van der Waals surface area contributed by atoms with E-state index in [1.807, 2.05) is 20.8 Å². The Balaban J connectivity index is 2.37. The van der Waals surface area contributed by atoms with Gasteiger partial charge in [0.25, 0.3) is 0 Å². The Morgan fingerprint density at radius 3 is 2.56 bits per heavy atom. The van der Waals surface area contributed by atoms with E-state index in [1.54, 1.807) is 13.0 Å². The molecule has 1 aliphatic heterocycles. The second kappa shape index (κ2) is 4.20. The number of rotatable bonds is 1. The molecule has 2 amide bonds. The molecule has 1 aromatic heterocycles. The van der Waals surface area contributed by atoms with Crippen LogP contribution in [0.2, 0.25) is 0 Å². The molecule has 2 unspecified atom stereocenters. The van der Waals surface area contributed by atoms with Crippen molar-refractivity contribution in [2.45, 2.75) is 45.4 Å². The summed E-state index contributed by atoms with van der Waals surface area (Å²) < 4.78 is 0. The maximum atomic E-state index is 11.8. The standard InChI is InChI=1S/C12H18N4O2/c1-7-10(17)16(11(18)15-7)9-5-8(12(2,3)4)13-6-14-9/h5-7,10,17H,1-4H3,(H,15,18). The average Bonchev–Trinajstić information content (AvgIpc) is 2.52. The predicted molar refractivity (Wildman–Crippen MR) is 67.2 cm³/mol. The smallest absolute Gasteiger partial charge is 0.325 e. The lowest BCUT2D eigenvalue weighted by Gasteiger charge is -2.22. The molecule has 0 aliphatic carbocycles. The van der Waals surface area contributed by atoms with Gasteiger partial charge in [0.2, 0.25) is 0 Å². The fourth-order valence-electron chi connectivity index (χ4n) is 1.81. The van der Waals surface area contributed by atoms with Gasteiger partial charge in [0.1, 0.15) is 12.1 Å². The number of aliphatic hydroxyl groups excluding tert-OH is 1. The third kappa shape index (κ3) is 2.15.